The van der Waals surface area contributed by atoms with Crippen molar-refractivity contribution in [3.8, 4) is 78.8 Å². The van der Waals surface area contributed by atoms with Gasteiger partial charge < -0.3 is 53.8 Å². The largest absolute Gasteiger partial charge is 0.492 e. The number of benzene rings is 3. The Morgan fingerprint density at radius 3 is 1.45 bits per heavy atom. The summed E-state index contributed by atoms with van der Waals surface area (Å²) in [6, 6.07) is 33.0. The minimum absolute atomic E-state index is 0.216. The van der Waals surface area contributed by atoms with Crippen molar-refractivity contribution in [2.45, 2.75) is 33.7 Å². The van der Waals surface area contributed by atoms with Gasteiger partial charge in [-0.05, 0) is 145 Å². The van der Waals surface area contributed by atoms with E-state index in [0.717, 1.165) is 129 Å². The molecule has 7 N–H and O–H groups in total. The summed E-state index contributed by atoms with van der Waals surface area (Å²) in [5, 5.41) is 10.7. The predicted molar refractivity (Wildman–Crippen MR) is 388 cm³/mol. The van der Waals surface area contributed by atoms with Crippen molar-refractivity contribution in [3.63, 3.8) is 0 Å². The van der Waals surface area contributed by atoms with Crippen LogP contribution in [0.5, 0.6) is 11.5 Å². The molecule has 520 valence electrons. The first-order chi connectivity index (χ1) is 49.2. The lowest BCUT2D eigenvalue weighted by atomic mass is 10.0. The molecule has 1 saturated heterocycles. The first-order valence-electron chi connectivity index (χ1n) is 33.1. The molecule has 10 heterocycles. The van der Waals surface area contributed by atoms with Crippen LogP contribution in [-0.2, 0) is 14.2 Å². The van der Waals surface area contributed by atoms with E-state index in [1.807, 2.05) is 132 Å². The third-order valence-electron chi connectivity index (χ3n) is 15.9. The second kappa shape index (κ2) is 34.1. The number of fused-ring (bicyclic) bond motifs is 3. The second-order valence-corrected chi connectivity index (χ2v) is 23.6. The van der Waals surface area contributed by atoms with Crippen molar-refractivity contribution < 1.29 is 38.1 Å². The van der Waals surface area contributed by atoms with Crippen LogP contribution in [0, 0.1) is 0 Å². The third kappa shape index (κ3) is 18.7. The van der Waals surface area contributed by atoms with Gasteiger partial charge >= 0.3 is 18.2 Å². The van der Waals surface area contributed by atoms with Gasteiger partial charge in [-0.25, -0.2) is 39.3 Å². The zero-order valence-electron chi connectivity index (χ0n) is 57.4. The van der Waals surface area contributed by atoms with Crippen molar-refractivity contribution in [2.75, 3.05) is 117 Å². The minimum Gasteiger partial charge on any atom is -0.492 e. The number of nitrogens with one attached hydrogen (secondary N) is 7. The number of imidazole rings is 3. The number of pyridine rings is 5. The molecule has 9 aromatic heterocycles. The predicted octanol–water partition coefficient (Wildman–Crippen LogP) is 12.0. The molecular formula is C73H80N20O8. The van der Waals surface area contributed by atoms with E-state index in [2.05, 4.69) is 115 Å². The van der Waals surface area contributed by atoms with E-state index in [1.165, 1.54) is 0 Å². The molecule has 0 saturated carbocycles. The summed E-state index contributed by atoms with van der Waals surface area (Å²) >= 11 is 0. The van der Waals surface area contributed by atoms with Gasteiger partial charge in [0.2, 0.25) is 17.8 Å². The van der Waals surface area contributed by atoms with Crippen molar-refractivity contribution in [1.29, 1.82) is 0 Å². The van der Waals surface area contributed by atoms with Crippen LogP contribution in [0.1, 0.15) is 39.4 Å². The average molecular weight is 1370 g/mol. The zero-order valence-corrected chi connectivity index (χ0v) is 57.4. The van der Waals surface area contributed by atoms with Crippen LogP contribution in [0.25, 0.3) is 100 Å². The number of likely N-dealkylation sites (N-methyl/N-ethyl adjacent to an activating group) is 2. The number of morpholine rings is 1. The normalized spacial score (nSPS) is 12.5. The highest BCUT2D eigenvalue weighted by Gasteiger charge is 2.23. The van der Waals surface area contributed by atoms with Crippen molar-refractivity contribution in [3.05, 3.63) is 165 Å². The van der Waals surface area contributed by atoms with Crippen LogP contribution in [0.15, 0.2) is 159 Å². The summed E-state index contributed by atoms with van der Waals surface area (Å²) in [4.78, 5) is 96.8. The van der Waals surface area contributed by atoms with Crippen LogP contribution in [0.2, 0.25) is 0 Å². The first-order valence-corrected chi connectivity index (χ1v) is 33.1. The topological polar surface area (TPSA) is 331 Å². The number of urea groups is 1. The maximum atomic E-state index is 12.0. The number of anilines is 3. The van der Waals surface area contributed by atoms with E-state index >= 15 is 0 Å². The Kier molecular flexibility index (Phi) is 23.8. The Labute approximate surface area is 583 Å². The van der Waals surface area contributed by atoms with Gasteiger partial charge in [0.25, 0.3) is 0 Å². The number of hydrogen-bond acceptors (Lipinski definition) is 21. The Morgan fingerprint density at radius 1 is 0.525 bits per heavy atom. The highest BCUT2D eigenvalue weighted by Crippen LogP contribution is 2.37. The number of aromatic nitrogens is 13. The molecule has 1 unspecified atom stereocenters. The van der Waals surface area contributed by atoms with E-state index in [9.17, 15) is 14.4 Å². The van der Waals surface area contributed by atoms with Gasteiger partial charge in [0.1, 0.15) is 30.2 Å². The lowest BCUT2D eigenvalue weighted by molar-refractivity contribution is 0.0190. The number of carbonyl (C=O) groups excluding carboxylic acids is 3. The number of rotatable bonds is 22. The number of aromatic amines is 3. The quantitative estimate of drug-likeness (QED) is 0.0331. The highest BCUT2D eigenvalue weighted by molar-refractivity contribution is 6.00. The number of amides is 4. The van der Waals surface area contributed by atoms with Gasteiger partial charge in [-0.1, -0.05) is 18.2 Å². The molecule has 0 radical (unpaired) electrons. The lowest BCUT2D eigenvalue weighted by Crippen LogP contribution is -2.38. The third-order valence-corrected chi connectivity index (χ3v) is 15.9. The molecule has 0 bridgehead atoms. The molecule has 101 heavy (non-hydrogen) atoms. The maximum absolute atomic E-state index is 12.0. The van der Waals surface area contributed by atoms with E-state index in [1.54, 1.807) is 63.3 Å². The fourth-order valence-electron chi connectivity index (χ4n) is 10.9. The second-order valence-electron chi connectivity index (χ2n) is 23.6. The molecule has 28 heteroatoms. The van der Waals surface area contributed by atoms with Crippen molar-refractivity contribution >= 4 is 69.2 Å². The van der Waals surface area contributed by atoms with Gasteiger partial charge in [-0.3, -0.25) is 45.8 Å². The fraction of sp³-hybridized carbons (Fsp3) is 0.274. The molecule has 4 amide bonds. The molecule has 28 nitrogen and oxygen atoms in total. The van der Waals surface area contributed by atoms with Crippen LogP contribution in [-0.4, -0.2) is 198 Å². The van der Waals surface area contributed by atoms with Crippen molar-refractivity contribution in [1.82, 2.24) is 84.8 Å². The summed E-state index contributed by atoms with van der Waals surface area (Å²) in [7, 11) is 8.01. The Hall–Kier alpha value is -11.9. The molecule has 12 aromatic rings. The number of nitrogens with zero attached hydrogens (tertiary/aromatic N) is 13. The smallest absolute Gasteiger partial charge is 0.413 e. The molecule has 1 atom stereocenters. The number of ether oxygens (including phenoxy) is 5. The summed E-state index contributed by atoms with van der Waals surface area (Å²) in [6.45, 7) is 14.7. The van der Waals surface area contributed by atoms with Crippen LogP contribution in [0.3, 0.4) is 0 Å². The molecule has 13 rings (SSSR count). The Bertz CT molecular complexity index is 4530. The average Bonchev–Trinajstić information content (AvgIpc) is 1.73. The van der Waals surface area contributed by atoms with E-state index in [-0.39, 0.29) is 25.3 Å². The summed E-state index contributed by atoms with van der Waals surface area (Å²) in [5.41, 5.74) is 14.8. The Balaban J connectivity index is 0.000000153. The Morgan fingerprint density at radius 2 is 1.00 bits per heavy atom. The highest BCUT2D eigenvalue weighted by atomic mass is 16.6. The molecule has 1 aliphatic rings. The minimum atomic E-state index is -0.571. The van der Waals surface area contributed by atoms with E-state index in [4.69, 9.17) is 28.7 Å². The zero-order chi connectivity index (χ0) is 70.6. The van der Waals surface area contributed by atoms with Crippen LogP contribution < -0.4 is 30.7 Å². The maximum Gasteiger partial charge on any atom is 0.413 e. The fourth-order valence-corrected chi connectivity index (χ4v) is 10.9. The number of hydrogen-bond donors (Lipinski definition) is 7. The van der Waals surface area contributed by atoms with Gasteiger partial charge in [-0.2, -0.15) is 0 Å². The number of H-pyrrole nitrogens is 3. The monoisotopic (exact) mass is 1360 g/mol. The van der Waals surface area contributed by atoms with Crippen LogP contribution in [0.4, 0.5) is 32.2 Å². The van der Waals surface area contributed by atoms with Gasteiger partial charge in [0.15, 0.2) is 5.82 Å². The summed E-state index contributed by atoms with van der Waals surface area (Å²) < 4.78 is 27.2. The standard InChI is InChI=1S/C25H27N7O3.C24H27N7O2.C24H26N6O3/c1-3-35-25(33)31-24-29-21-14-18(13-19(22(21)30-24)23-26-7-4-8-27-23)17-5-6-20(28-15-17)16(2)32-9-11-34-12-10-32;1-4-26-24(32)30-23-28-21-13-17(16-6-5-8-25-15-16)12-19(22(21)29-23)20-14-18(7-9-27-20)33-11-10-31(2)3;1-4-32-24(31)29-23-27-21-13-17(16-6-5-8-25-15-16)12-19(22(21)28-23)20-14-18(7-9-26-20)33-11-10-30(2)3/h4-8,13-16H,3,9-12H2,1-2H3,(H2,29,30,31,33);5-9,12-15H,4,10-11H2,1-3H3,(H3,26,28,29,30,32);5-9,12-15H,4,10-11H2,1-3H3,(H2,27,28,29,31). The molecule has 1 fully saturated rings. The van der Waals surface area contributed by atoms with E-state index in [0.29, 0.717) is 65.7 Å². The molecular weight excluding hydrogens is 1280 g/mol. The SMILES string of the molecule is CCNC(=O)Nc1nc2c(-c3cc(OCCN(C)C)ccn3)cc(-c3cccnc3)cc2[nH]1.CCOC(=O)Nc1nc2c(-c3cc(OCCN(C)C)ccn3)cc(-c3cccnc3)cc2[nH]1.CCOC(=O)Nc1nc2c(-c3ncccn3)cc(-c3ccc(C(C)N4CCOCC4)nc3)cc2[nH]1. The molecule has 3 aromatic carbocycles. The van der Waals surface area contributed by atoms with Gasteiger partial charge in [0.05, 0.1) is 71.1 Å². The summed E-state index contributed by atoms with van der Waals surface area (Å²) in [6.07, 6.45) is 14.6. The van der Waals surface area contributed by atoms with Crippen molar-refractivity contribution in [2.24, 2.45) is 0 Å². The van der Waals surface area contributed by atoms with Gasteiger partial charge in [0, 0.05) is 140 Å². The molecule has 1 aliphatic heterocycles. The van der Waals surface area contributed by atoms with Gasteiger partial charge in [-0.15, -0.1) is 0 Å². The van der Waals surface area contributed by atoms with E-state index < -0.39 is 12.2 Å². The summed E-state index contributed by atoms with van der Waals surface area (Å²) in [5.74, 6) is 2.95. The number of carbonyl (C=O) groups is 3. The molecule has 0 aliphatic carbocycles. The van der Waals surface area contributed by atoms with Crippen LogP contribution >= 0.6 is 0 Å². The molecule has 0 spiro atoms. The first kappa shape index (κ1) is 70.5. The lowest BCUT2D eigenvalue weighted by Gasteiger charge is -2.31.